The van der Waals surface area contributed by atoms with Crippen molar-refractivity contribution in [3.63, 3.8) is 0 Å². The molecule has 8 nitrogen and oxygen atoms in total. The van der Waals surface area contributed by atoms with Crippen LogP contribution in [0, 0.1) is 21.7 Å². The summed E-state index contributed by atoms with van der Waals surface area (Å²) in [5, 5.41) is 14.6. The predicted octanol–water partition coefficient (Wildman–Crippen LogP) is 4.57. The smallest absolute Gasteiger partial charge is 0.307 e. The number of ether oxygens (including phenoxy) is 1. The van der Waals surface area contributed by atoms with Gasteiger partial charge in [-0.15, -0.1) is 0 Å². The molecule has 0 fully saturated rings. The van der Waals surface area contributed by atoms with Crippen LogP contribution in [0.1, 0.15) is 0 Å². The molecule has 0 aliphatic rings. The van der Waals surface area contributed by atoms with Gasteiger partial charge in [-0.1, -0.05) is 12.1 Å². The molecule has 4 rings (SSSR count). The Balaban J connectivity index is 1.77. The average molecular weight is 411 g/mol. The van der Waals surface area contributed by atoms with Gasteiger partial charge in [-0.2, -0.15) is 4.39 Å². The van der Waals surface area contributed by atoms with E-state index in [2.05, 4.69) is 15.3 Å². The maximum atomic E-state index is 14.2. The number of nitrogens with one attached hydrogen (secondary N) is 1. The highest BCUT2D eigenvalue weighted by Crippen LogP contribution is 2.34. The highest BCUT2D eigenvalue weighted by atomic mass is 19.1. The summed E-state index contributed by atoms with van der Waals surface area (Å²) in [4.78, 5) is 18.8. The molecule has 30 heavy (non-hydrogen) atoms. The minimum Gasteiger partial charge on any atom is -0.494 e. The van der Waals surface area contributed by atoms with Gasteiger partial charge in [-0.05, 0) is 12.1 Å². The molecule has 152 valence electrons. The molecule has 0 aliphatic carbocycles. The minimum atomic E-state index is -1.02. The first kappa shape index (κ1) is 19.2. The first-order valence-corrected chi connectivity index (χ1v) is 8.75. The zero-order valence-electron chi connectivity index (χ0n) is 15.9. The van der Waals surface area contributed by atoms with Crippen LogP contribution in [0.5, 0.6) is 5.75 Å². The SMILES string of the molecule is COc1cc(F)c([N+](=O)[O-])cc1Nc1nccc(-c2cn(C)c3c(F)cccc23)n1. The van der Waals surface area contributed by atoms with Crippen molar-refractivity contribution in [2.24, 2.45) is 7.05 Å². The van der Waals surface area contributed by atoms with Gasteiger partial charge in [0.25, 0.3) is 0 Å². The maximum absolute atomic E-state index is 14.2. The molecule has 0 unspecified atom stereocenters. The van der Waals surface area contributed by atoms with Gasteiger partial charge >= 0.3 is 5.69 Å². The van der Waals surface area contributed by atoms with Crippen molar-refractivity contribution in [3.8, 4) is 17.0 Å². The molecule has 0 bridgehead atoms. The Kier molecular flexibility index (Phi) is 4.74. The summed E-state index contributed by atoms with van der Waals surface area (Å²) in [7, 11) is 3.05. The highest BCUT2D eigenvalue weighted by molar-refractivity contribution is 5.95. The molecule has 2 aromatic heterocycles. The Labute approximate surface area is 168 Å². The van der Waals surface area contributed by atoms with Gasteiger partial charge in [0, 0.05) is 42.5 Å². The standard InChI is InChI=1S/C20H15F2N5O3/c1-26-10-12(11-4-3-5-13(21)19(11)26)15-6-7-23-20(24-15)25-16-9-17(27(28)29)14(22)8-18(16)30-2/h3-10H,1-2H3,(H,23,24,25). The monoisotopic (exact) mass is 411 g/mol. The summed E-state index contributed by atoms with van der Waals surface area (Å²) in [6.45, 7) is 0. The number of anilines is 2. The Morgan fingerprint density at radius 1 is 1.20 bits per heavy atom. The van der Waals surface area contributed by atoms with Crippen molar-refractivity contribution in [3.05, 3.63) is 70.5 Å². The topological polar surface area (TPSA) is 95.1 Å². The summed E-state index contributed by atoms with van der Waals surface area (Å²) < 4.78 is 34.8. The molecule has 10 heteroatoms. The Hall–Kier alpha value is -4.08. The lowest BCUT2D eigenvalue weighted by molar-refractivity contribution is -0.387. The van der Waals surface area contributed by atoms with Gasteiger partial charge in [-0.25, -0.2) is 14.4 Å². The number of rotatable bonds is 5. The zero-order valence-corrected chi connectivity index (χ0v) is 15.9. The van der Waals surface area contributed by atoms with E-state index >= 15 is 0 Å². The fourth-order valence-electron chi connectivity index (χ4n) is 3.26. The normalized spacial score (nSPS) is 10.9. The van der Waals surface area contributed by atoms with Crippen molar-refractivity contribution in [1.29, 1.82) is 0 Å². The molecular weight excluding hydrogens is 396 g/mol. The first-order chi connectivity index (χ1) is 14.4. The number of hydrogen-bond donors (Lipinski definition) is 1. The van der Waals surface area contributed by atoms with E-state index < -0.39 is 16.4 Å². The maximum Gasteiger partial charge on any atom is 0.307 e. The van der Waals surface area contributed by atoms with Crippen LogP contribution in [0.2, 0.25) is 0 Å². The lowest BCUT2D eigenvalue weighted by atomic mass is 10.1. The molecular formula is C20H15F2N5O3. The lowest BCUT2D eigenvalue weighted by Crippen LogP contribution is -2.02. The Bertz CT molecular complexity index is 1290. The van der Waals surface area contributed by atoms with Crippen LogP contribution in [0.3, 0.4) is 0 Å². The van der Waals surface area contributed by atoms with Crippen molar-refractivity contribution in [1.82, 2.24) is 14.5 Å². The van der Waals surface area contributed by atoms with E-state index in [9.17, 15) is 18.9 Å². The lowest BCUT2D eigenvalue weighted by Gasteiger charge is -2.11. The number of fused-ring (bicyclic) bond motifs is 1. The highest BCUT2D eigenvalue weighted by Gasteiger charge is 2.20. The average Bonchev–Trinajstić information content (AvgIpc) is 3.07. The van der Waals surface area contributed by atoms with Crippen LogP contribution in [0.15, 0.2) is 48.8 Å². The third-order valence-corrected chi connectivity index (χ3v) is 4.60. The third-order valence-electron chi connectivity index (χ3n) is 4.60. The number of hydrogen-bond acceptors (Lipinski definition) is 6. The molecule has 0 saturated heterocycles. The minimum absolute atomic E-state index is 0.0549. The van der Waals surface area contributed by atoms with Crippen LogP contribution in [0.4, 0.5) is 26.1 Å². The molecule has 0 amide bonds. The predicted molar refractivity (Wildman–Crippen MR) is 107 cm³/mol. The molecule has 2 heterocycles. The van der Waals surface area contributed by atoms with Crippen LogP contribution < -0.4 is 10.1 Å². The molecule has 0 radical (unpaired) electrons. The number of methoxy groups -OCH3 is 1. The fourth-order valence-corrected chi connectivity index (χ4v) is 3.26. The van der Waals surface area contributed by atoms with E-state index in [1.165, 1.54) is 19.4 Å². The fraction of sp³-hybridized carbons (Fsp3) is 0.100. The van der Waals surface area contributed by atoms with E-state index in [1.807, 2.05) is 0 Å². The molecule has 2 aromatic carbocycles. The van der Waals surface area contributed by atoms with Crippen molar-refractivity contribution in [2.75, 3.05) is 12.4 Å². The Morgan fingerprint density at radius 3 is 2.73 bits per heavy atom. The quantitative estimate of drug-likeness (QED) is 0.382. The summed E-state index contributed by atoms with van der Waals surface area (Å²) in [6, 6.07) is 8.37. The van der Waals surface area contributed by atoms with Crippen molar-refractivity contribution >= 4 is 28.2 Å². The number of halogens is 2. The number of nitro groups is 1. The zero-order chi connectivity index (χ0) is 21.4. The second kappa shape index (κ2) is 7.39. The van der Waals surface area contributed by atoms with E-state index in [0.717, 1.165) is 12.1 Å². The van der Waals surface area contributed by atoms with E-state index in [-0.39, 0.29) is 23.2 Å². The number of para-hydroxylation sites is 1. The van der Waals surface area contributed by atoms with Gasteiger partial charge in [0.05, 0.1) is 28.9 Å². The summed E-state index contributed by atoms with van der Waals surface area (Å²) in [6.07, 6.45) is 3.25. The molecule has 4 aromatic rings. The second-order valence-corrected chi connectivity index (χ2v) is 6.44. The Morgan fingerprint density at radius 2 is 2.00 bits per heavy atom. The largest absolute Gasteiger partial charge is 0.494 e. The van der Waals surface area contributed by atoms with Crippen LogP contribution >= 0.6 is 0 Å². The number of aryl methyl sites for hydroxylation is 1. The number of nitrogens with zero attached hydrogens (tertiary/aromatic N) is 4. The van der Waals surface area contributed by atoms with Gasteiger partial charge in [0.1, 0.15) is 11.6 Å². The van der Waals surface area contributed by atoms with Crippen LogP contribution in [-0.4, -0.2) is 26.6 Å². The molecule has 0 atom stereocenters. The van der Waals surface area contributed by atoms with Crippen molar-refractivity contribution in [2.45, 2.75) is 0 Å². The third kappa shape index (κ3) is 3.28. The summed E-state index contributed by atoms with van der Waals surface area (Å²) in [5.74, 6) is -1.20. The number of aromatic nitrogens is 3. The van der Waals surface area contributed by atoms with Crippen molar-refractivity contribution < 1.29 is 18.4 Å². The van der Waals surface area contributed by atoms with Gasteiger partial charge < -0.3 is 14.6 Å². The van der Waals surface area contributed by atoms with E-state index in [1.54, 1.807) is 36.0 Å². The molecule has 0 spiro atoms. The summed E-state index contributed by atoms with van der Waals surface area (Å²) in [5.41, 5.74) is 1.07. The molecule has 0 aliphatic heterocycles. The summed E-state index contributed by atoms with van der Waals surface area (Å²) >= 11 is 0. The number of benzene rings is 2. The molecule has 0 saturated carbocycles. The number of nitro benzene ring substituents is 1. The van der Waals surface area contributed by atoms with Gasteiger partial charge in [0.2, 0.25) is 11.8 Å². The van der Waals surface area contributed by atoms with Crippen LogP contribution in [0.25, 0.3) is 22.2 Å². The van der Waals surface area contributed by atoms with E-state index in [0.29, 0.717) is 22.2 Å². The van der Waals surface area contributed by atoms with Crippen LogP contribution in [-0.2, 0) is 7.05 Å². The first-order valence-electron chi connectivity index (χ1n) is 8.75. The second-order valence-electron chi connectivity index (χ2n) is 6.44. The van der Waals surface area contributed by atoms with Gasteiger partial charge in [0.15, 0.2) is 0 Å². The molecule has 1 N–H and O–H groups in total. The van der Waals surface area contributed by atoms with Gasteiger partial charge in [-0.3, -0.25) is 10.1 Å². The van der Waals surface area contributed by atoms with E-state index in [4.69, 9.17) is 4.74 Å².